The highest BCUT2D eigenvalue weighted by molar-refractivity contribution is 5.16. The Morgan fingerprint density at radius 3 is 2.29 bits per heavy atom. The number of hydrogen-bond donors (Lipinski definition) is 0. The molecule has 0 heteroatoms. The van der Waals surface area contributed by atoms with Crippen LogP contribution in [-0.4, -0.2) is 0 Å². The zero-order valence-corrected chi connectivity index (χ0v) is 10.6. The van der Waals surface area contributed by atoms with E-state index in [9.17, 15) is 0 Å². The van der Waals surface area contributed by atoms with Gasteiger partial charge in [-0.25, -0.2) is 0 Å². The van der Waals surface area contributed by atoms with E-state index in [-0.39, 0.29) is 0 Å². The molecule has 82 valence electrons. The third kappa shape index (κ3) is 1.53. The van der Waals surface area contributed by atoms with Crippen LogP contribution in [0.3, 0.4) is 0 Å². The van der Waals surface area contributed by atoms with Gasteiger partial charge in [-0.2, -0.15) is 0 Å². The summed E-state index contributed by atoms with van der Waals surface area (Å²) in [5.41, 5.74) is 1.93. The molecule has 0 radical (unpaired) electrons. The van der Waals surface area contributed by atoms with Gasteiger partial charge in [-0.3, -0.25) is 0 Å². The quantitative estimate of drug-likeness (QED) is 0.573. The number of rotatable bonds is 3. The molecule has 0 heterocycles. The minimum Gasteiger partial charge on any atom is -0.0993 e. The summed E-state index contributed by atoms with van der Waals surface area (Å²) in [6.07, 6.45) is 3.90. The minimum atomic E-state index is 0.439. The van der Waals surface area contributed by atoms with E-state index < -0.39 is 0 Å². The van der Waals surface area contributed by atoms with Crippen LogP contribution in [-0.2, 0) is 0 Å². The fraction of sp³-hybridized carbons (Fsp3) is 0.857. The molecular weight excluding hydrogens is 168 g/mol. The first-order valence-corrected chi connectivity index (χ1v) is 6.15. The van der Waals surface area contributed by atoms with Crippen LogP contribution in [0.25, 0.3) is 0 Å². The molecular formula is C14H26. The van der Waals surface area contributed by atoms with Crippen molar-refractivity contribution in [2.24, 2.45) is 23.2 Å². The molecule has 1 aliphatic carbocycles. The highest BCUT2D eigenvalue weighted by atomic mass is 14.5. The van der Waals surface area contributed by atoms with Crippen molar-refractivity contribution in [2.75, 3.05) is 0 Å². The maximum atomic E-state index is 4.33. The van der Waals surface area contributed by atoms with Gasteiger partial charge in [0, 0.05) is 0 Å². The largest absolute Gasteiger partial charge is 0.0993 e. The Bertz CT molecular complexity index is 214. The van der Waals surface area contributed by atoms with Gasteiger partial charge in [0.15, 0.2) is 0 Å². The summed E-state index contributed by atoms with van der Waals surface area (Å²) < 4.78 is 0. The average Bonchev–Trinajstić information content (AvgIpc) is 2.44. The van der Waals surface area contributed by atoms with E-state index in [4.69, 9.17) is 0 Å². The first kappa shape index (κ1) is 11.8. The van der Waals surface area contributed by atoms with Gasteiger partial charge in [0.05, 0.1) is 0 Å². The lowest BCUT2D eigenvalue weighted by Crippen LogP contribution is -2.33. The highest BCUT2D eigenvalue weighted by Gasteiger charge is 2.47. The maximum absolute atomic E-state index is 4.33. The number of allylic oxidation sites excluding steroid dienone is 1. The molecule has 1 rings (SSSR count). The van der Waals surface area contributed by atoms with Gasteiger partial charge in [0.1, 0.15) is 0 Å². The van der Waals surface area contributed by atoms with Crippen molar-refractivity contribution in [3.05, 3.63) is 12.2 Å². The van der Waals surface area contributed by atoms with E-state index in [1.54, 1.807) is 0 Å². The normalized spacial score (nSPS) is 37.9. The summed E-state index contributed by atoms with van der Waals surface area (Å²) in [4.78, 5) is 0. The molecule has 0 spiro atoms. The smallest absolute Gasteiger partial charge is 0.00397 e. The van der Waals surface area contributed by atoms with E-state index >= 15 is 0 Å². The molecule has 14 heavy (non-hydrogen) atoms. The lowest BCUT2D eigenvalue weighted by atomic mass is 9.64. The predicted octanol–water partition coefficient (Wildman–Crippen LogP) is 4.66. The summed E-state index contributed by atoms with van der Waals surface area (Å²) in [6, 6.07) is 0. The first-order valence-electron chi connectivity index (χ1n) is 6.15. The zero-order valence-electron chi connectivity index (χ0n) is 10.6. The Hall–Kier alpha value is -0.260. The lowest BCUT2D eigenvalue weighted by Gasteiger charge is -2.41. The van der Waals surface area contributed by atoms with Gasteiger partial charge in [0.2, 0.25) is 0 Å². The summed E-state index contributed by atoms with van der Waals surface area (Å²) in [5, 5.41) is 0. The van der Waals surface area contributed by atoms with Crippen LogP contribution in [0.2, 0.25) is 0 Å². The highest BCUT2D eigenvalue weighted by Crippen LogP contribution is 2.55. The fourth-order valence-corrected chi connectivity index (χ4v) is 3.50. The van der Waals surface area contributed by atoms with Crippen molar-refractivity contribution in [1.82, 2.24) is 0 Å². The minimum absolute atomic E-state index is 0.439. The van der Waals surface area contributed by atoms with Crippen molar-refractivity contribution >= 4 is 0 Å². The molecule has 2 unspecified atom stereocenters. The number of hydrogen-bond acceptors (Lipinski definition) is 0. The third-order valence-corrected chi connectivity index (χ3v) is 4.79. The van der Waals surface area contributed by atoms with Crippen LogP contribution < -0.4 is 0 Å². The average molecular weight is 194 g/mol. The molecule has 0 amide bonds. The van der Waals surface area contributed by atoms with Crippen LogP contribution in [0, 0.1) is 23.2 Å². The Balaban J connectivity index is 3.00. The van der Waals surface area contributed by atoms with Crippen molar-refractivity contribution in [3.63, 3.8) is 0 Å². The monoisotopic (exact) mass is 194 g/mol. The van der Waals surface area contributed by atoms with Gasteiger partial charge in [0.25, 0.3) is 0 Å². The molecule has 0 aromatic heterocycles. The van der Waals surface area contributed by atoms with Crippen molar-refractivity contribution in [2.45, 2.75) is 53.9 Å². The fourth-order valence-electron chi connectivity index (χ4n) is 3.50. The van der Waals surface area contributed by atoms with Crippen LogP contribution in [0.15, 0.2) is 12.2 Å². The van der Waals surface area contributed by atoms with Gasteiger partial charge in [-0.15, -0.1) is 0 Å². The maximum Gasteiger partial charge on any atom is -0.00397 e. The van der Waals surface area contributed by atoms with Crippen LogP contribution >= 0.6 is 0 Å². The van der Waals surface area contributed by atoms with E-state index in [1.165, 1.54) is 18.4 Å². The van der Waals surface area contributed by atoms with Gasteiger partial charge in [-0.1, -0.05) is 46.8 Å². The van der Waals surface area contributed by atoms with Gasteiger partial charge >= 0.3 is 0 Å². The molecule has 1 saturated carbocycles. The molecule has 0 aromatic rings. The standard InChI is InChI=1S/C14H26/c1-7-12(5)14(10(2)3)9-8-11(4)13(14)6/h10-11,13H,5,7-9H2,1-4,6H3/t11?,13-,14?/m0/s1. The Kier molecular flexibility index (Phi) is 3.44. The zero-order chi connectivity index (χ0) is 10.9. The third-order valence-electron chi connectivity index (χ3n) is 4.79. The summed E-state index contributed by atoms with van der Waals surface area (Å²) in [7, 11) is 0. The van der Waals surface area contributed by atoms with Crippen molar-refractivity contribution < 1.29 is 0 Å². The predicted molar refractivity (Wildman–Crippen MR) is 64.3 cm³/mol. The van der Waals surface area contributed by atoms with Crippen LogP contribution in [0.4, 0.5) is 0 Å². The molecule has 0 bridgehead atoms. The van der Waals surface area contributed by atoms with Gasteiger partial charge in [-0.05, 0) is 42.4 Å². The summed E-state index contributed by atoms with van der Waals surface area (Å²) in [5.74, 6) is 2.44. The molecule has 0 saturated heterocycles. The van der Waals surface area contributed by atoms with Crippen molar-refractivity contribution in [1.29, 1.82) is 0 Å². The van der Waals surface area contributed by atoms with Gasteiger partial charge < -0.3 is 0 Å². The Morgan fingerprint density at radius 1 is 1.43 bits per heavy atom. The topological polar surface area (TPSA) is 0 Å². The molecule has 1 aliphatic rings. The first-order chi connectivity index (χ1) is 6.46. The Morgan fingerprint density at radius 2 is 2.00 bits per heavy atom. The molecule has 0 aliphatic heterocycles. The van der Waals surface area contributed by atoms with Crippen LogP contribution in [0.1, 0.15) is 53.9 Å². The summed E-state index contributed by atoms with van der Waals surface area (Å²) >= 11 is 0. The molecule has 0 N–H and O–H groups in total. The second kappa shape index (κ2) is 4.08. The van der Waals surface area contributed by atoms with E-state index in [0.717, 1.165) is 24.2 Å². The van der Waals surface area contributed by atoms with E-state index in [1.807, 2.05) is 0 Å². The molecule has 0 nitrogen and oxygen atoms in total. The molecule has 0 aromatic carbocycles. The van der Waals surface area contributed by atoms with Crippen molar-refractivity contribution in [3.8, 4) is 0 Å². The van der Waals surface area contributed by atoms with E-state index in [2.05, 4.69) is 41.2 Å². The SMILES string of the molecule is C=C(CC)C1(C(C)C)CCC(C)[C@@H]1C. The second-order valence-electron chi connectivity index (χ2n) is 5.46. The molecule has 3 atom stereocenters. The Labute approximate surface area is 89.8 Å². The van der Waals surface area contributed by atoms with Crippen LogP contribution in [0.5, 0.6) is 0 Å². The van der Waals surface area contributed by atoms with E-state index in [0.29, 0.717) is 5.41 Å². The summed E-state index contributed by atoms with van der Waals surface area (Å²) in [6.45, 7) is 16.2. The lowest BCUT2D eigenvalue weighted by molar-refractivity contribution is 0.162. The second-order valence-corrected chi connectivity index (χ2v) is 5.46. The molecule has 1 fully saturated rings.